The molecule has 0 bridgehead atoms. The molecule has 0 aliphatic heterocycles. The van der Waals surface area contributed by atoms with Crippen LogP contribution in [0.1, 0.15) is 6.42 Å². The Morgan fingerprint density at radius 1 is 0.966 bits per heavy atom. The number of fused-ring (bicyclic) bond motifs is 2. The molecule has 0 N–H and O–H groups in total. The van der Waals surface area contributed by atoms with Crippen LogP contribution in [-0.2, 0) is 18.4 Å². The molecule has 4 rings (SSSR count). The number of hydrogen-bond acceptors (Lipinski definition) is 2. The predicted molar refractivity (Wildman–Crippen MR) is 120 cm³/mol. The maximum absolute atomic E-state index is 7.01. The van der Waals surface area contributed by atoms with Crippen LogP contribution in [0.3, 0.4) is 0 Å². The van der Waals surface area contributed by atoms with Crippen molar-refractivity contribution in [3.8, 4) is 11.4 Å². The zero-order chi connectivity index (χ0) is 20.9. The van der Waals surface area contributed by atoms with Crippen LogP contribution in [0.5, 0.6) is 0 Å². The number of aromatic nitrogens is 3. The first-order valence-electron chi connectivity index (χ1n) is 8.49. The van der Waals surface area contributed by atoms with Gasteiger partial charge in [0.05, 0.1) is 16.6 Å². The summed E-state index contributed by atoms with van der Waals surface area (Å²) in [4.78, 5) is 12.9. The summed E-state index contributed by atoms with van der Waals surface area (Å²) in [6, 6.07) is 18.3. The van der Waals surface area contributed by atoms with E-state index in [9.17, 15) is 0 Å². The molecule has 29 heavy (non-hydrogen) atoms. The van der Waals surface area contributed by atoms with E-state index in [2.05, 4.69) is 38.7 Å². The Balaban J connectivity index is 0.000000431. The Morgan fingerprint density at radius 2 is 1.69 bits per heavy atom. The predicted octanol–water partition coefficient (Wildman–Crippen LogP) is 7.32. The molecule has 2 aromatic heterocycles. The third kappa shape index (κ3) is 6.07. The summed E-state index contributed by atoms with van der Waals surface area (Å²) in [5.74, 6) is 0.922. The molecular weight excluding hydrogens is 633 g/mol. The molecule has 0 aliphatic carbocycles. The fraction of sp³-hybridized carbons (Fsp3) is 0.150. The molecule has 0 saturated carbocycles. The molecular formula is C20H16Cl4N4Pt. The average Bonchev–Trinajstić information content (AvgIpc) is 3.05. The van der Waals surface area contributed by atoms with Crippen molar-refractivity contribution in [2.24, 2.45) is 0 Å². The van der Waals surface area contributed by atoms with Crippen LogP contribution in [0, 0.1) is 6.57 Å². The van der Waals surface area contributed by atoms with Crippen molar-refractivity contribution in [2.75, 3.05) is 6.54 Å². The van der Waals surface area contributed by atoms with Crippen molar-refractivity contribution >= 4 is 59.6 Å². The zero-order valence-electron chi connectivity index (χ0n) is 15.0. The number of para-hydroxylation sites is 3. The third-order valence-electron chi connectivity index (χ3n) is 4.18. The summed E-state index contributed by atoms with van der Waals surface area (Å²) in [5.41, 5.74) is 4.07. The van der Waals surface area contributed by atoms with Crippen molar-refractivity contribution in [2.45, 2.75) is 13.0 Å². The van der Waals surface area contributed by atoms with Gasteiger partial charge in [-0.05, 0) is 24.3 Å². The SMILES string of the molecule is [C-]#[N+]CCCn1c(-c2cccc3cccnc23)nc2ccccc21.[Cl][Pt]([Cl])([Cl])[Cl]. The standard InChI is InChI=1S/C20H16N4.4ClH.Pt/c1-21-12-6-14-24-18-11-3-2-10-17(18)23-20(24)16-9-4-7-15-8-5-13-22-19(15)16;;;;;/h2-5,7-11,13H,6,12,14H2;4*1H;/q;;;;;+4/p-4. The Bertz CT molecular complexity index is 1150. The Morgan fingerprint density at radius 3 is 2.45 bits per heavy atom. The molecule has 4 aromatic rings. The van der Waals surface area contributed by atoms with E-state index in [0.717, 1.165) is 46.3 Å². The van der Waals surface area contributed by atoms with Gasteiger partial charge in [0.25, 0.3) is 0 Å². The second kappa shape index (κ2) is 10.1. The maximum atomic E-state index is 7.01. The van der Waals surface area contributed by atoms with E-state index in [0.29, 0.717) is 6.54 Å². The summed E-state index contributed by atoms with van der Waals surface area (Å²) in [7, 11) is 20.0. The van der Waals surface area contributed by atoms with Crippen molar-refractivity contribution in [3.05, 3.63) is 72.2 Å². The van der Waals surface area contributed by atoms with Gasteiger partial charge in [-0.2, -0.15) is 0 Å². The number of aryl methyl sites for hydroxylation is 1. The summed E-state index contributed by atoms with van der Waals surface area (Å²) >= 11 is -3.06. The van der Waals surface area contributed by atoms with Gasteiger partial charge in [-0.3, -0.25) is 4.98 Å². The molecule has 0 amide bonds. The zero-order valence-corrected chi connectivity index (χ0v) is 20.3. The number of halogens is 4. The van der Waals surface area contributed by atoms with Crippen molar-refractivity contribution in [1.29, 1.82) is 0 Å². The Labute approximate surface area is 188 Å². The molecule has 9 heteroatoms. The van der Waals surface area contributed by atoms with E-state index in [1.165, 1.54) is 0 Å². The number of benzene rings is 2. The quantitative estimate of drug-likeness (QED) is 0.172. The normalized spacial score (nSPS) is 11.7. The molecule has 0 radical (unpaired) electrons. The van der Waals surface area contributed by atoms with Crippen molar-refractivity contribution in [1.82, 2.24) is 14.5 Å². The van der Waals surface area contributed by atoms with E-state index in [-0.39, 0.29) is 0 Å². The van der Waals surface area contributed by atoms with E-state index in [1.807, 2.05) is 36.5 Å². The molecule has 4 nitrogen and oxygen atoms in total. The molecule has 0 aliphatic rings. The van der Waals surface area contributed by atoms with E-state index in [1.54, 1.807) is 0 Å². The van der Waals surface area contributed by atoms with Gasteiger partial charge in [0.15, 0.2) is 0 Å². The molecule has 0 spiro atoms. The average molecular weight is 649 g/mol. The van der Waals surface area contributed by atoms with Gasteiger partial charge >= 0.3 is 49.6 Å². The first-order valence-corrected chi connectivity index (χ1v) is 19.7. The molecule has 0 unspecified atom stereocenters. The van der Waals surface area contributed by atoms with Gasteiger partial charge in [0.2, 0.25) is 6.54 Å². The van der Waals surface area contributed by atoms with E-state index in [4.69, 9.17) is 49.2 Å². The van der Waals surface area contributed by atoms with Crippen molar-refractivity contribution < 1.29 is 11.9 Å². The van der Waals surface area contributed by atoms with Gasteiger partial charge in [-0.25, -0.2) is 11.6 Å². The fourth-order valence-corrected chi connectivity index (χ4v) is 3.10. The van der Waals surface area contributed by atoms with Crippen LogP contribution < -0.4 is 0 Å². The topological polar surface area (TPSA) is 35.1 Å². The molecule has 0 saturated heterocycles. The minimum absolute atomic E-state index is 0.528. The Kier molecular flexibility index (Phi) is 7.79. The molecule has 2 aromatic carbocycles. The first kappa shape index (κ1) is 22.3. The number of rotatable bonds is 4. The van der Waals surface area contributed by atoms with Crippen LogP contribution in [0.2, 0.25) is 0 Å². The number of hydrogen-bond donors (Lipinski definition) is 0. The second-order valence-corrected chi connectivity index (χ2v) is 25.7. The monoisotopic (exact) mass is 647 g/mol. The van der Waals surface area contributed by atoms with Crippen LogP contribution in [0.25, 0.3) is 38.2 Å². The molecule has 0 fully saturated rings. The Hall–Kier alpha value is -1.34. The van der Waals surface area contributed by atoms with Gasteiger partial charge in [0, 0.05) is 30.1 Å². The summed E-state index contributed by atoms with van der Waals surface area (Å²) < 4.78 is 2.21. The number of imidazole rings is 1. The van der Waals surface area contributed by atoms with Gasteiger partial charge in [-0.15, -0.1) is 0 Å². The van der Waals surface area contributed by atoms with E-state index >= 15 is 0 Å². The summed E-state index contributed by atoms with van der Waals surface area (Å²) in [5, 5.41) is 1.11. The molecule has 0 atom stereocenters. The first-order chi connectivity index (χ1) is 13.9. The van der Waals surface area contributed by atoms with E-state index < -0.39 is 11.9 Å². The van der Waals surface area contributed by atoms with Crippen LogP contribution >= 0.6 is 37.7 Å². The number of nitrogens with zero attached hydrogens (tertiary/aromatic N) is 4. The summed E-state index contributed by atoms with van der Waals surface area (Å²) in [6.45, 7) is 8.32. The minimum atomic E-state index is -3.06. The molecule has 154 valence electrons. The number of pyridine rings is 1. The van der Waals surface area contributed by atoms with Crippen molar-refractivity contribution in [3.63, 3.8) is 0 Å². The third-order valence-corrected chi connectivity index (χ3v) is 4.18. The van der Waals surface area contributed by atoms with Gasteiger partial charge in [-0.1, -0.05) is 30.3 Å². The van der Waals surface area contributed by atoms with Crippen LogP contribution in [0.15, 0.2) is 60.8 Å². The second-order valence-electron chi connectivity index (χ2n) is 5.96. The van der Waals surface area contributed by atoms with Crippen LogP contribution in [-0.4, -0.2) is 21.1 Å². The van der Waals surface area contributed by atoms with Gasteiger partial charge in [0.1, 0.15) is 5.82 Å². The molecule has 2 heterocycles. The summed E-state index contributed by atoms with van der Waals surface area (Å²) in [6.07, 6.45) is 2.63. The van der Waals surface area contributed by atoms with Crippen LogP contribution in [0.4, 0.5) is 0 Å². The van der Waals surface area contributed by atoms with Gasteiger partial charge < -0.3 is 9.41 Å². The fourth-order valence-electron chi connectivity index (χ4n) is 3.10.